The van der Waals surface area contributed by atoms with Gasteiger partial charge in [0.1, 0.15) is 10.0 Å². The van der Waals surface area contributed by atoms with Gasteiger partial charge < -0.3 is 30.0 Å². The zero-order valence-electron chi connectivity index (χ0n) is 21.8. The maximum atomic E-state index is 12.2. The number of thioether (sulfide) groups is 1. The van der Waals surface area contributed by atoms with Crippen LogP contribution in [0.25, 0.3) is 0 Å². The van der Waals surface area contributed by atoms with Crippen molar-refractivity contribution in [3.8, 4) is 0 Å². The van der Waals surface area contributed by atoms with Crippen molar-refractivity contribution in [1.82, 2.24) is 20.4 Å². The van der Waals surface area contributed by atoms with E-state index in [0.717, 1.165) is 21.5 Å². The molecule has 2 aromatic rings. The highest BCUT2D eigenvalue weighted by Gasteiger charge is 2.42. The molecule has 0 aliphatic carbocycles. The molecule has 1 atom stereocenters. The van der Waals surface area contributed by atoms with E-state index in [4.69, 9.17) is 14.2 Å². The Morgan fingerprint density at radius 3 is 2.08 bits per heavy atom. The summed E-state index contributed by atoms with van der Waals surface area (Å²) < 4.78 is 15.2. The van der Waals surface area contributed by atoms with Gasteiger partial charge in [-0.2, -0.15) is 11.8 Å². The first kappa shape index (κ1) is 30.8. The monoisotopic (exact) mass is 602 g/mol. The molecule has 3 rings (SSSR count). The Kier molecular flexibility index (Phi) is 10.7. The standard InChI is InChI=1S/C22H30N6O8S3/c1-21(2,33)35-17(31)6-5-13(29)23-19-27-25-15(38-19)7-9-37-10-8-16-26-28-20(39-16)24-14(30)11-12-18(32)36-22(3,4)34-12/h12,33H,5-11H2,1-4H3,(H,23,27,29)(H,24,28,30). The molecule has 17 heteroatoms. The third-order valence-electron chi connectivity index (χ3n) is 4.67. The second-order valence-electron chi connectivity index (χ2n) is 9.26. The number of amides is 2. The first-order valence-electron chi connectivity index (χ1n) is 11.9. The predicted octanol–water partition coefficient (Wildman–Crippen LogP) is 1.90. The molecule has 1 unspecified atom stereocenters. The van der Waals surface area contributed by atoms with Crippen LogP contribution in [0, 0.1) is 0 Å². The summed E-state index contributed by atoms with van der Waals surface area (Å²) in [6.07, 6.45) is -0.0424. The molecule has 1 fully saturated rings. The number of carbonyl (C=O) groups is 4. The summed E-state index contributed by atoms with van der Waals surface area (Å²) in [6, 6.07) is 0. The Morgan fingerprint density at radius 1 is 1.00 bits per heavy atom. The van der Waals surface area contributed by atoms with E-state index in [-0.39, 0.29) is 19.3 Å². The Balaban J connectivity index is 1.29. The maximum absolute atomic E-state index is 12.2. The van der Waals surface area contributed by atoms with Crippen LogP contribution in [0.4, 0.5) is 10.3 Å². The predicted molar refractivity (Wildman–Crippen MR) is 143 cm³/mol. The van der Waals surface area contributed by atoms with Crippen LogP contribution in [0.5, 0.6) is 0 Å². The molecule has 0 aromatic carbocycles. The van der Waals surface area contributed by atoms with E-state index in [1.807, 2.05) is 0 Å². The molecule has 214 valence electrons. The zero-order chi connectivity index (χ0) is 28.6. The average molecular weight is 603 g/mol. The third-order valence-corrected chi connectivity index (χ3v) is 7.46. The van der Waals surface area contributed by atoms with E-state index in [1.165, 1.54) is 36.5 Å². The second kappa shape index (κ2) is 13.6. The minimum Gasteiger partial charge on any atom is -0.434 e. The highest BCUT2D eigenvalue weighted by Crippen LogP contribution is 2.26. The zero-order valence-corrected chi connectivity index (χ0v) is 24.3. The van der Waals surface area contributed by atoms with E-state index in [0.29, 0.717) is 23.1 Å². The van der Waals surface area contributed by atoms with Crippen LogP contribution < -0.4 is 10.6 Å². The first-order valence-corrected chi connectivity index (χ1v) is 14.7. The fraction of sp³-hybridized carbons (Fsp3) is 0.636. The lowest BCUT2D eigenvalue weighted by Gasteiger charge is -2.17. The molecule has 3 N–H and O–H groups in total. The fourth-order valence-corrected chi connectivity index (χ4v) is 5.79. The van der Waals surface area contributed by atoms with Crippen molar-refractivity contribution in [2.24, 2.45) is 0 Å². The number of esters is 2. The number of anilines is 2. The second-order valence-corrected chi connectivity index (χ2v) is 12.6. The van der Waals surface area contributed by atoms with Crippen LogP contribution in [0.15, 0.2) is 0 Å². The first-order chi connectivity index (χ1) is 18.3. The lowest BCUT2D eigenvalue weighted by molar-refractivity contribution is -0.195. The topological polar surface area (TPSA) is 192 Å². The van der Waals surface area contributed by atoms with Gasteiger partial charge in [-0.1, -0.05) is 22.7 Å². The number of cyclic esters (lactones) is 1. The number of nitrogens with one attached hydrogen (secondary N) is 2. The Labute approximate surface area is 236 Å². The number of carbonyl (C=O) groups excluding carboxylic acids is 4. The SMILES string of the molecule is CC(C)(O)OC(=O)CCC(=O)Nc1nnc(CCSCCc2nnc(NC(=O)CC3OC(C)(C)OC3=O)s2)s1. The minimum absolute atomic E-state index is 0.0986. The Bertz CT molecular complexity index is 1180. The van der Waals surface area contributed by atoms with Gasteiger partial charge in [-0.15, -0.1) is 20.4 Å². The Morgan fingerprint density at radius 2 is 1.56 bits per heavy atom. The van der Waals surface area contributed by atoms with Crippen LogP contribution in [0.3, 0.4) is 0 Å². The van der Waals surface area contributed by atoms with Crippen molar-refractivity contribution >= 4 is 68.5 Å². The summed E-state index contributed by atoms with van der Waals surface area (Å²) in [5.41, 5.74) is 0. The largest absolute Gasteiger partial charge is 0.434 e. The highest BCUT2D eigenvalue weighted by molar-refractivity contribution is 7.99. The summed E-state index contributed by atoms with van der Waals surface area (Å²) in [6.45, 7) is 5.87. The lowest BCUT2D eigenvalue weighted by atomic mass is 10.2. The smallest absolute Gasteiger partial charge is 0.338 e. The van der Waals surface area contributed by atoms with E-state index in [2.05, 4.69) is 31.0 Å². The molecule has 1 saturated heterocycles. The van der Waals surface area contributed by atoms with Crippen molar-refractivity contribution in [3.05, 3.63) is 10.0 Å². The molecule has 2 aromatic heterocycles. The molecule has 0 saturated carbocycles. The van der Waals surface area contributed by atoms with Crippen LogP contribution >= 0.6 is 34.4 Å². The molecule has 0 bridgehead atoms. The molecule has 1 aliphatic rings. The molecule has 1 aliphatic heterocycles. The van der Waals surface area contributed by atoms with Gasteiger partial charge in [0.2, 0.25) is 33.7 Å². The molecule has 14 nitrogen and oxygen atoms in total. The number of aliphatic hydroxyl groups is 1. The van der Waals surface area contributed by atoms with Gasteiger partial charge in [0.15, 0.2) is 6.10 Å². The summed E-state index contributed by atoms with van der Waals surface area (Å²) in [4.78, 5) is 47.6. The third kappa shape index (κ3) is 11.1. The molecule has 0 radical (unpaired) electrons. The normalized spacial score (nSPS) is 16.5. The van der Waals surface area contributed by atoms with Crippen molar-refractivity contribution < 1.29 is 38.5 Å². The van der Waals surface area contributed by atoms with E-state index < -0.39 is 41.4 Å². The molecule has 2 amide bonds. The number of hydrogen-bond donors (Lipinski definition) is 3. The maximum Gasteiger partial charge on any atom is 0.338 e. The van der Waals surface area contributed by atoms with E-state index in [9.17, 15) is 24.3 Å². The van der Waals surface area contributed by atoms with Crippen LogP contribution in [-0.4, -0.2) is 78.4 Å². The van der Waals surface area contributed by atoms with Gasteiger partial charge in [0.25, 0.3) is 0 Å². The molecular formula is C22H30N6O8S3. The Hall–Kier alpha value is -2.73. The van der Waals surface area contributed by atoms with Crippen LogP contribution in [0.1, 0.15) is 57.0 Å². The van der Waals surface area contributed by atoms with Gasteiger partial charge in [-0.3, -0.25) is 14.4 Å². The number of ether oxygens (including phenoxy) is 3. The van der Waals surface area contributed by atoms with Crippen LogP contribution in [0.2, 0.25) is 0 Å². The summed E-state index contributed by atoms with van der Waals surface area (Å²) >= 11 is 4.21. The number of rotatable bonds is 14. The lowest BCUT2D eigenvalue weighted by Crippen LogP contribution is -2.27. The molecule has 39 heavy (non-hydrogen) atoms. The van der Waals surface area contributed by atoms with Crippen molar-refractivity contribution in [2.45, 2.75) is 77.5 Å². The van der Waals surface area contributed by atoms with Crippen LogP contribution in [-0.2, 0) is 46.2 Å². The number of aryl methyl sites for hydroxylation is 2. The van der Waals surface area contributed by atoms with Gasteiger partial charge in [-0.25, -0.2) is 4.79 Å². The summed E-state index contributed by atoms with van der Waals surface area (Å²) in [5.74, 6) is -3.11. The summed E-state index contributed by atoms with van der Waals surface area (Å²) in [7, 11) is 0. The molecule has 3 heterocycles. The molecular weight excluding hydrogens is 572 g/mol. The van der Waals surface area contributed by atoms with Crippen molar-refractivity contribution in [2.75, 3.05) is 22.1 Å². The van der Waals surface area contributed by atoms with Gasteiger partial charge in [0.05, 0.1) is 12.8 Å². The fourth-order valence-electron chi connectivity index (χ4n) is 3.14. The van der Waals surface area contributed by atoms with Gasteiger partial charge >= 0.3 is 11.9 Å². The van der Waals surface area contributed by atoms with Crippen molar-refractivity contribution in [3.63, 3.8) is 0 Å². The minimum atomic E-state index is -1.58. The average Bonchev–Trinajstić information content (AvgIpc) is 3.50. The van der Waals surface area contributed by atoms with E-state index >= 15 is 0 Å². The number of aromatic nitrogens is 4. The number of hydrogen-bond acceptors (Lipinski definition) is 15. The quantitative estimate of drug-likeness (QED) is 0.161. The highest BCUT2D eigenvalue weighted by atomic mass is 32.2. The summed E-state index contributed by atoms with van der Waals surface area (Å²) in [5, 5.41) is 33.0. The number of nitrogens with zero attached hydrogens (tertiary/aromatic N) is 4. The van der Waals surface area contributed by atoms with Gasteiger partial charge in [-0.05, 0) is 11.5 Å². The van der Waals surface area contributed by atoms with E-state index in [1.54, 1.807) is 25.6 Å². The van der Waals surface area contributed by atoms with Crippen molar-refractivity contribution in [1.29, 1.82) is 0 Å². The molecule has 0 spiro atoms. The van der Waals surface area contributed by atoms with Gasteiger partial charge in [0, 0.05) is 47.0 Å².